The van der Waals surface area contributed by atoms with Gasteiger partial charge in [-0.3, -0.25) is 4.90 Å². The lowest BCUT2D eigenvalue weighted by Crippen LogP contribution is -2.48. The third-order valence-electron chi connectivity index (χ3n) is 3.10. The first-order valence-electron chi connectivity index (χ1n) is 5.95. The molecule has 1 N–H and O–H groups in total. The summed E-state index contributed by atoms with van der Waals surface area (Å²) in [7, 11) is 2.27. The van der Waals surface area contributed by atoms with E-state index in [4.69, 9.17) is 0 Å². The number of thioether (sulfide) groups is 1. The van der Waals surface area contributed by atoms with Gasteiger partial charge in [0.05, 0.1) is 0 Å². The summed E-state index contributed by atoms with van der Waals surface area (Å²) in [4.78, 5) is 2.54. The van der Waals surface area contributed by atoms with Crippen molar-refractivity contribution < 1.29 is 0 Å². The van der Waals surface area contributed by atoms with Crippen LogP contribution in [0.5, 0.6) is 0 Å². The summed E-state index contributed by atoms with van der Waals surface area (Å²) in [5.74, 6) is 2.66. The second-order valence-corrected chi connectivity index (χ2v) is 6.81. The fraction of sp³-hybridized carbons (Fsp3) is 1.00. The molecule has 2 unspecified atom stereocenters. The van der Waals surface area contributed by atoms with Crippen molar-refractivity contribution in [2.24, 2.45) is 0 Å². The van der Waals surface area contributed by atoms with Gasteiger partial charge in [0.25, 0.3) is 0 Å². The molecule has 90 valence electrons. The monoisotopic (exact) mass is 230 g/mol. The van der Waals surface area contributed by atoms with Gasteiger partial charge in [-0.1, -0.05) is 0 Å². The molecule has 0 aromatic heterocycles. The summed E-state index contributed by atoms with van der Waals surface area (Å²) in [6, 6.07) is 1.43. The second kappa shape index (κ2) is 5.55. The van der Waals surface area contributed by atoms with Crippen LogP contribution in [0, 0.1) is 0 Å². The van der Waals surface area contributed by atoms with E-state index in [2.05, 4.69) is 56.7 Å². The van der Waals surface area contributed by atoms with Gasteiger partial charge in [0.1, 0.15) is 0 Å². The third kappa shape index (κ3) is 4.75. The molecule has 0 amide bonds. The van der Waals surface area contributed by atoms with Crippen LogP contribution in [0.25, 0.3) is 0 Å². The molecule has 1 fully saturated rings. The Morgan fingerprint density at radius 2 is 2.13 bits per heavy atom. The van der Waals surface area contributed by atoms with Gasteiger partial charge in [-0.15, -0.1) is 0 Å². The minimum Gasteiger partial charge on any atom is -0.311 e. The first-order chi connectivity index (χ1) is 6.90. The molecule has 1 rings (SSSR count). The summed E-state index contributed by atoms with van der Waals surface area (Å²) < 4.78 is 0. The van der Waals surface area contributed by atoms with E-state index in [1.54, 1.807) is 0 Å². The van der Waals surface area contributed by atoms with Gasteiger partial charge in [-0.2, -0.15) is 11.8 Å². The number of nitrogens with zero attached hydrogens (tertiary/aromatic N) is 1. The maximum absolute atomic E-state index is 3.58. The maximum atomic E-state index is 3.58. The fourth-order valence-corrected chi connectivity index (χ4v) is 3.08. The van der Waals surface area contributed by atoms with Gasteiger partial charge in [0.2, 0.25) is 0 Å². The lowest BCUT2D eigenvalue weighted by atomic mass is 10.1. The molecule has 2 atom stereocenters. The Morgan fingerprint density at radius 3 is 2.60 bits per heavy atom. The lowest BCUT2D eigenvalue weighted by molar-refractivity contribution is 0.187. The smallest absolute Gasteiger partial charge is 0.0194 e. The van der Waals surface area contributed by atoms with E-state index in [-0.39, 0.29) is 5.54 Å². The number of nitrogens with one attached hydrogen (secondary N) is 1. The number of likely N-dealkylation sites (N-methyl/N-ethyl adjacent to an activating group) is 1. The molecule has 0 bridgehead atoms. The molecule has 0 saturated carbocycles. The lowest BCUT2D eigenvalue weighted by Gasteiger charge is -2.32. The number of rotatable bonds is 4. The summed E-state index contributed by atoms with van der Waals surface area (Å²) >= 11 is 2.09. The van der Waals surface area contributed by atoms with Crippen LogP contribution >= 0.6 is 11.8 Å². The fourth-order valence-electron chi connectivity index (χ4n) is 1.80. The first kappa shape index (κ1) is 13.3. The van der Waals surface area contributed by atoms with E-state index >= 15 is 0 Å². The molecular formula is C12H26N2S. The quantitative estimate of drug-likeness (QED) is 0.797. The molecule has 1 aliphatic heterocycles. The van der Waals surface area contributed by atoms with Crippen molar-refractivity contribution in [3.63, 3.8) is 0 Å². The van der Waals surface area contributed by atoms with E-state index in [1.165, 1.54) is 17.9 Å². The highest BCUT2D eigenvalue weighted by Crippen LogP contribution is 2.22. The molecule has 1 aliphatic rings. The predicted molar refractivity (Wildman–Crippen MR) is 70.7 cm³/mol. The molecule has 0 aromatic carbocycles. The van der Waals surface area contributed by atoms with Crippen molar-refractivity contribution >= 4 is 11.8 Å². The highest BCUT2D eigenvalue weighted by Gasteiger charge is 2.24. The molecule has 0 spiro atoms. The van der Waals surface area contributed by atoms with Crippen molar-refractivity contribution in [3.05, 3.63) is 0 Å². The third-order valence-corrected chi connectivity index (χ3v) is 4.25. The van der Waals surface area contributed by atoms with Crippen LogP contribution < -0.4 is 5.32 Å². The van der Waals surface area contributed by atoms with Crippen LogP contribution in [-0.2, 0) is 0 Å². The van der Waals surface area contributed by atoms with E-state index < -0.39 is 0 Å². The normalized spacial score (nSPS) is 24.8. The van der Waals surface area contributed by atoms with Crippen molar-refractivity contribution in [3.8, 4) is 0 Å². The molecule has 1 heterocycles. The standard InChI is InChI=1S/C12H26N2S/c1-10(8-13-12(2,3)4)14(5)11-6-7-15-9-11/h10-11,13H,6-9H2,1-5H3. The zero-order valence-corrected chi connectivity index (χ0v) is 11.7. The average molecular weight is 230 g/mol. The Balaban J connectivity index is 2.29. The first-order valence-corrected chi connectivity index (χ1v) is 7.10. The molecule has 15 heavy (non-hydrogen) atoms. The highest BCUT2D eigenvalue weighted by molar-refractivity contribution is 7.99. The summed E-state index contributed by atoms with van der Waals surface area (Å²) in [5, 5.41) is 3.58. The number of hydrogen-bond donors (Lipinski definition) is 1. The largest absolute Gasteiger partial charge is 0.311 e. The second-order valence-electron chi connectivity index (χ2n) is 5.66. The van der Waals surface area contributed by atoms with Crippen LogP contribution in [0.1, 0.15) is 34.1 Å². The molecule has 2 nitrogen and oxygen atoms in total. The Morgan fingerprint density at radius 1 is 1.47 bits per heavy atom. The summed E-state index contributed by atoms with van der Waals surface area (Å²) in [5.41, 5.74) is 0.236. The van der Waals surface area contributed by atoms with Gasteiger partial charge in [-0.25, -0.2) is 0 Å². The van der Waals surface area contributed by atoms with Crippen molar-refractivity contribution in [1.82, 2.24) is 10.2 Å². The Bertz CT molecular complexity index is 183. The van der Waals surface area contributed by atoms with Gasteiger partial charge in [-0.05, 0) is 46.9 Å². The SMILES string of the molecule is CC(CNC(C)(C)C)N(C)C1CCSC1. The van der Waals surface area contributed by atoms with Gasteiger partial charge in [0, 0.05) is 29.9 Å². The zero-order chi connectivity index (χ0) is 11.5. The Kier molecular flexibility index (Phi) is 4.94. The molecule has 1 saturated heterocycles. The van der Waals surface area contributed by atoms with Gasteiger partial charge < -0.3 is 5.32 Å². The van der Waals surface area contributed by atoms with Gasteiger partial charge in [0.15, 0.2) is 0 Å². The van der Waals surface area contributed by atoms with Crippen molar-refractivity contribution in [2.75, 3.05) is 25.1 Å². The predicted octanol–water partition coefficient (Wildman–Crippen LogP) is 2.20. The Labute approximate surface area is 99.2 Å². The Hall–Kier alpha value is 0.270. The summed E-state index contributed by atoms with van der Waals surface area (Å²) in [6.45, 7) is 10.1. The van der Waals surface area contributed by atoms with Crippen molar-refractivity contribution in [2.45, 2.75) is 51.7 Å². The van der Waals surface area contributed by atoms with E-state index in [1.807, 2.05) is 0 Å². The zero-order valence-electron chi connectivity index (χ0n) is 10.8. The molecule has 0 radical (unpaired) electrons. The molecule has 0 aliphatic carbocycles. The van der Waals surface area contributed by atoms with Crippen LogP contribution in [0.2, 0.25) is 0 Å². The maximum Gasteiger partial charge on any atom is 0.0194 e. The van der Waals surface area contributed by atoms with E-state index in [0.717, 1.165) is 12.6 Å². The van der Waals surface area contributed by atoms with Crippen LogP contribution in [0.3, 0.4) is 0 Å². The van der Waals surface area contributed by atoms with Crippen molar-refractivity contribution in [1.29, 1.82) is 0 Å². The minimum atomic E-state index is 0.236. The van der Waals surface area contributed by atoms with E-state index in [0.29, 0.717) is 6.04 Å². The molecule has 0 aromatic rings. The summed E-state index contributed by atoms with van der Waals surface area (Å²) in [6.07, 6.45) is 1.36. The van der Waals surface area contributed by atoms with E-state index in [9.17, 15) is 0 Å². The number of hydrogen-bond acceptors (Lipinski definition) is 3. The highest BCUT2D eigenvalue weighted by atomic mass is 32.2. The van der Waals surface area contributed by atoms with Gasteiger partial charge >= 0.3 is 0 Å². The molecule has 3 heteroatoms. The van der Waals surface area contributed by atoms with Crippen LogP contribution in [0.4, 0.5) is 0 Å². The molecular weight excluding hydrogens is 204 g/mol. The van der Waals surface area contributed by atoms with Crippen LogP contribution in [0.15, 0.2) is 0 Å². The van der Waals surface area contributed by atoms with Crippen LogP contribution in [-0.4, -0.2) is 47.6 Å². The average Bonchev–Trinajstić information content (AvgIpc) is 2.64. The topological polar surface area (TPSA) is 15.3 Å². The minimum absolute atomic E-state index is 0.236.